The Morgan fingerprint density at radius 2 is 1.63 bits per heavy atom. The molecule has 0 aromatic heterocycles. The first-order valence-corrected chi connectivity index (χ1v) is 9.61. The van der Waals surface area contributed by atoms with Crippen molar-refractivity contribution >= 4 is 11.6 Å². The molecule has 0 atom stereocenters. The molecule has 1 heterocycles. The lowest BCUT2D eigenvalue weighted by Crippen LogP contribution is -2.54. The highest BCUT2D eigenvalue weighted by molar-refractivity contribution is 6.12. The Hall–Kier alpha value is -2.30. The van der Waals surface area contributed by atoms with Crippen LogP contribution >= 0.6 is 0 Å². The van der Waals surface area contributed by atoms with Crippen molar-refractivity contribution in [3.8, 4) is 0 Å². The van der Waals surface area contributed by atoms with Gasteiger partial charge >= 0.3 is 0 Å². The normalized spacial score (nSPS) is 17.8. The van der Waals surface area contributed by atoms with E-state index in [9.17, 15) is 9.59 Å². The molecule has 0 unspecified atom stereocenters. The van der Waals surface area contributed by atoms with E-state index in [2.05, 4.69) is 4.90 Å². The fourth-order valence-corrected chi connectivity index (χ4v) is 4.16. The highest BCUT2D eigenvalue weighted by atomic mass is 16.5. The first kappa shape index (κ1) is 18.1. The second-order valence-electron chi connectivity index (χ2n) is 7.85. The van der Waals surface area contributed by atoms with Crippen molar-refractivity contribution in [2.45, 2.75) is 32.2 Å². The molecule has 1 aliphatic heterocycles. The number of benzene rings is 2. The molecule has 4 rings (SSSR count). The van der Waals surface area contributed by atoms with E-state index in [0.717, 1.165) is 48.2 Å². The molecule has 0 N–H and O–H groups in total. The van der Waals surface area contributed by atoms with Gasteiger partial charge in [0.2, 0.25) is 0 Å². The van der Waals surface area contributed by atoms with E-state index >= 15 is 0 Å². The van der Waals surface area contributed by atoms with E-state index in [1.54, 1.807) is 0 Å². The van der Waals surface area contributed by atoms with Gasteiger partial charge < -0.3 is 4.74 Å². The Bertz CT molecular complexity index is 894. The van der Waals surface area contributed by atoms with E-state index in [1.807, 2.05) is 56.3 Å². The number of fused-ring (bicyclic) bond motifs is 2. The van der Waals surface area contributed by atoms with E-state index < -0.39 is 5.54 Å². The van der Waals surface area contributed by atoms with Crippen LogP contribution in [-0.4, -0.2) is 48.3 Å². The fourth-order valence-electron chi connectivity index (χ4n) is 4.16. The molecular weight excluding hydrogens is 338 g/mol. The van der Waals surface area contributed by atoms with Crippen LogP contribution in [0.5, 0.6) is 0 Å². The minimum atomic E-state index is -0.588. The van der Waals surface area contributed by atoms with Crippen molar-refractivity contribution in [1.29, 1.82) is 0 Å². The summed E-state index contributed by atoms with van der Waals surface area (Å²) in [5.41, 5.74) is 3.66. The summed E-state index contributed by atoms with van der Waals surface area (Å²) < 4.78 is 5.42. The molecule has 4 nitrogen and oxygen atoms in total. The van der Waals surface area contributed by atoms with Gasteiger partial charge in [-0.05, 0) is 43.9 Å². The van der Waals surface area contributed by atoms with Gasteiger partial charge in [0.15, 0.2) is 11.6 Å². The molecule has 0 saturated carbocycles. The standard InChI is InChI=1S/C23H25NO3/c1-23(2,24-11-13-27-14-12-24)22(26)18-9-10-20-17(15-18)8-7-16-5-3-4-6-19(16)21(20)25/h3-6,9-10,15H,7-8,11-14H2,1-2H3. The predicted octanol–water partition coefficient (Wildman–Crippen LogP) is 3.31. The third kappa shape index (κ3) is 3.24. The lowest BCUT2D eigenvalue weighted by Gasteiger charge is -2.39. The number of nitrogens with zero attached hydrogens (tertiary/aromatic N) is 1. The summed E-state index contributed by atoms with van der Waals surface area (Å²) in [6, 6.07) is 13.4. The van der Waals surface area contributed by atoms with Crippen molar-refractivity contribution in [3.63, 3.8) is 0 Å². The summed E-state index contributed by atoms with van der Waals surface area (Å²) in [4.78, 5) is 28.4. The van der Waals surface area contributed by atoms with E-state index in [1.165, 1.54) is 0 Å². The monoisotopic (exact) mass is 363 g/mol. The molecule has 2 aromatic carbocycles. The molecule has 1 aliphatic carbocycles. The minimum absolute atomic E-state index is 0.0598. The molecule has 140 valence electrons. The van der Waals surface area contributed by atoms with Gasteiger partial charge in [-0.3, -0.25) is 14.5 Å². The van der Waals surface area contributed by atoms with Crippen LogP contribution in [0.25, 0.3) is 0 Å². The van der Waals surface area contributed by atoms with Crippen LogP contribution < -0.4 is 0 Å². The third-order valence-electron chi connectivity index (χ3n) is 5.90. The maximum absolute atomic E-state index is 13.3. The molecule has 0 radical (unpaired) electrons. The number of hydrogen-bond acceptors (Lipinski definition) is 4. The van der Waals surface area contributed by atoms with Crippen molar-refractivity contribution < 1.29 is 14.3 Å². The zero-order chi connectivity index (χ0) is 19.0. The van der Waals surface area contributed by atoms with Crippen LogP contribution in [0.3, 0.4) is 0 Å². The lowest BCUT2D eigenvalue weighted by molar-refractivity contribution is -0.00430. The number of ketones is 2. The summed E-state index contributed by atoms with van der Waals surface area (Å²) in [6.07, 6.45) is 1.59. The zero-order valence-corrected chi connectivity index (χ0v) is 16.0. The van der Waals surface area contributed by atoms with Gasteiger partial charge in [0.05, 0.1) is 18.8 Å². The Kier molecular flexibility index (Phi) is 4.70. The average molecular weight is 363 g/mol. The van der Waals surface area contributed by atoms with Gasteiger partial charge in [0, 0.05) is 29.8 Å². The molecule has 0 amide bonds. The molecule has 1 saturated heterocycles. The topological polar surface area (TPSA) is 46.6 Å². The highest BCUT2D eigenvalue weighted by Gasteiger charge is 2.36. The van der Waals surface area contributed by atoms with Crippen LogP contribution in [0.2, 0.25) is 0 Å². The summed E-state index contributed by atoms with van der Waals surface area (Å²) in [5, 5.41) is 0. The molecular formula is C23H25NO3. The number of rotatable bonds is 3. The average Bonchev–Trinajstić information content (AvgIpc) is 2.85. The first-order valence-electron chi connectivity index (χ1n) is 9.61. The largest absolute Gasteiger partial charge is 0.379 e. The maximum Gasteiger partial charge on any atom is 0.193 e. The quantitative estimate of drug-likeness (QED) is 0.785. The molecule has 1 fully saturated rings. The second-order valence-corrected chi connectivity index (χ2v) is 7.85. The second kappa shape index (κ2) is 7.02. The molecule has 27 heavy (non-hydrogen) atoms. The van der Waals surface area contributed by atoms with Crippen LogP contribution in [0.1, 0.15) is 51.3 Å². The minimum Gasteiger partial charge on any atom is -0.379 e. The molecule has 4 heteroatoms. The SMILES string of the molecule is CC(C)(C(=O)c1ccc2c(c1)CCc1ccccc1C2=O)N1CCOCC1. The third-order valence-corrected chi connectivity index (χ3v) is 5.90. The van der Waals surface area contributed by atoms with Crippen LogP contribution in [0.15, 0.2) is 42.5 Å². The molecule has 0 bridgehead atoms. The number of Topliss-reactive ketones (excluding diaryl/α,β-unsaturated/α-hetero) is 1. The van der Waals surface area contributed by atoms with Crippen LogP contribution in [-0.2, 0) is 17.6 Å². The number of carbonyl (C=O) groups excluding carboxylic acids is 2. The van der Waals surface area contributed by atoms with Crippen LogP contribution in [0.4, 0.5) is 0 Å². The van der Waals surface area contributed by atoms with Gasteiger partial charge in [-0.15, -0.1) is 0 Å². The van der Waals surface area contributed by atoms with E-state index in [0.29, 0.717) is 18.8 Å². The first-order chi connectivity index (χ1) is 13.0. The number of carbonyl (C=O) groups is 2. The van der Waals surface area contributed by atoms with Gasteiger partial charge in [-0.2, -0.15) is 0 Å². The summed E-state index contributed by atoms with van der Waals surface area (Å²) in [7, 11) is 0. The number of hydrogen-bond donors (Lipinski definition) is 0. The Morgan fingerprint density at radius 1 is 0.963 bits per heavy atom. The summed E-state index contributed by atoms with van der Waals surface area (Å²) in [6.45, 7) is 6.80. The van der Waals surface area contributed by atoms with Gasteiger partial charge in [0.1, 0.15) is 0 Å². The van der Waals surface area contributed by atoms with Gasteiger partial charge in [-0.1, -0.05) is 36.4 Å². The number of morpholine rings is 1. The van der Waals surface area contributed by atoms with E-state index in [4.69, 9.17) is 4.74 Å². The number of aryl methyl sites for hydroxylation is 2. The zero-order valence-electron chi connectivity index (χ0n) is 16.0. The number of ether oxygens (including phenoxy) is 1. The van der Waals surface area contributed by atoms with Gasteiger partial charge in [0.25, 0.3) is 0 Å². The summed E-state index contributed by atoms with van der Waals surface area (Å²) in [5.74, 6) is 0.158. The molecule has 2 aliphatic rings. The molecule has 2 aromatic rings. The predicted molar refractivity (Wildman–Crippen MR) is 105 cm³/mol. The Morgan fingerprint density at radius 3 is 2.41 bits per heavy atom. The van der Waals surface area contributed by atoms with Crippen molar-refractivity contribution in [2.75, 3.05) is 26.3 Å². The van der Waals surface area contributed by atoms with E-state index in [-0.39, 0.29) is 11.6 Å². The van der Waals surface area contributed by atoms with Crippen molar-refractivity contribution in [2.24, 2.45) is 0 Å². The maximum atomic E-state index is 13.3. The van der Waals surface area contributed by atoms with Crippen molar-refractivity contribution in [1.82, 2.24) is 4.90 Å². The van der Waals surface area contributed by atoms with Crippen molar-refractivity contribution in [3.05, 3.63) is 70.3 Å². The summed E-state index contributed by atoms with van der Waals surface area (Å²) >= 11 is 0. The molecule has 0 spiro atoms. The van der Waals surface area contributed by atoms with Gasteiger partial charge in [-0.25, -0.2) is 0 Å². The fraction of sp³-hybridized carbons (Fsp3) is 0.391. The Labute approximate surface area is 160 Å². The lowest BCUT2D eigenvalue weighted by atomic mass is 9.88. The Balaban J connectivity index is 1.65. The van der Waals surface area contributed by atoms with Crippen LogP contribution in [0, 0.1) is 0 Å². The highest BCUT2D eigenvalue weighted by Crippen LogP contribution is 2.28. The smallest absolute Gasteiger partial charge is 0.193 e.